The number of nitrogen functional groups attached to an aromatic ring is 1. The number of aromatic nitrogens is 1. The Bertz CT molecular complexity index is 1150. The molecule has 0 atom stereocenters. The van der Waals surface area contributed by atoms with Crippen LogP contribution in [-0.2, 0) is 21.7 Å². The Morgan fingerprint density at radius 3 is 2.06 bits per heavy atom. The van der Waals surface area contributed by atoms with Crippen LogP contribution in [0.25, 0.3) is 11.3 Å². The fourth-order valence-electron chi connectivity index (χ4n) is 2.44. The third-order valence-corrected chi connectivity index (χ3v) is 5.96. The molecule has 3 aromatic rings. The van der Waals surface area contributed by atoms with Crippen molar-refractivity contribution in [3.63, 3.8) is 0 Å². The van der Waals surface area contributed by atoms with Crippen LogP contribution in [0.1, 0.15) is 31.9 Å². The molecule has 5 nitrogen and oxygen atoms in total. The lowest BCUT2D eigenvalue weighted by Crippen LogP contribution is -2.10. The van der Waals surface area contributed by atoms with E-state index in [0.29, 0.717) is 5.13 Å². The van der Waals surface area contributed by atoms with Gasteiger partial charge in [0.2, 0.25) is 0 Å². The first-order chi connectivity index (χ1) is 14.1. The van der Waals surface area contributed by atoms with E-state index in [1.165, 1.54) is 16.9 Å². The van der Waals surface area contributed by atoms with Gasteiger partial charge in [0.15, 0.2) is 5.13 Å². The second kappa shape index (κ2) is 9.15. The summed E-state index contributed by atoms with van der Waals surface area (Å²) in [6.45, 7) is 6.63. The first kappa shape index (κ1) is 25.1. The van der Waals surface area contributed by atoms with E-state index < -0.39 is 31.8 Å². The lowest BCUT2D eigenvalue weighted by Gasteiger charge is -2.18. The average Bonchev–Trinajstić information content (AvgIpc) is 3.06. The molecule has 0 spiro atoms. The van der Waals surface area contributed by atoms with E-state index in [1.54, 1.807) is 0 Å². The van der Waals surface area contributed by atoms with Crippen molar-refractivity contribution in [2.24, 2.45) is 0 Å². The summed E-state index contributed by atoms with van der Waals surface area (Å²) in [6.07, 6.45) is -4.77. The summed E-state index contributed by atoms with van der Waals surface area (Å²) in [5, 5.41) is 1.98. The van der Waals surface area contributed by atoms with Crippen LogP contribution in [0.15, 0.2) is 52.7 Å². The summed E-state index contributed by atoms with van der Waals surface area (Å²) in [5.41, 5.74) is 7.93. The first-order valence-electron chi connectivity index (χ1n) is 8.75. The topological polar surface area (TPSA) is 93.3 Å². The van der Waals surface area contributed by atoms with Crippen molar-refractivity contribution in [1.29, 1.82) is 0 Å². The molecular weight excluding hydrogens is 473 g/mol. The standard InChI is InChI=1S/C13H16N2S.C7H4ClF3O3S/c1-13(2,3)10-6-4-9(5-7-10)11-8-16-12(14)15-11;8-6-2-1-4(15(12,13)14)3-5(6)7(9,10)11/h4-8H,1-3H3,(H2,14,15);1-3H,(H,12,13,14). The van der Waals surface area contributed by atoms with Crippen molar-refractivity contribution in [1.82, 2.24) is 4.98 Å². The molecule has 31 heavy (non-hydrogen) atoms. The zero-order valence-corrected chi connectivity index (χ0v) is 19.1. The predicted octanol–water partition coefficient (Wildman–Crippen LogP) is 6.30. The van der Waals surface area contributed by atoms with E-state index in [4.69, 9.17) is 21.9 Å². The smallest absolute Gasteiger partial charge is 0.375 e. The van der Waals surface area contributed by atoms with Crippen molar-refractivity contribution >= 4 is 38.2 Å². The summed E-state index contributed by atoms with van der Waals surface area (Å²) in [6, 6.07) is 10.3. The number of hydrogen-bond donors (Lipinski definition) is 2. The van der Waals surface area contributed by atoms with Gasteiger partial charge in [-0.1, -0.05) is 56.6 Å². The average molecular weight is 493 g/mol. The molecule has 0 aliphatic rings. The molecule has 1 heterocycles. The van der Waals surface area contributed by atoms with Crippen LogP contribution in [0.3, 0.4) is 0 Å². The van der Waals surface area contributed by atoms with Gasteiger partial charge in [0, 0.05) is 10.9 Å². The predicted molar refractivity (Wildman–Crippen MR) is 117 cm³/mol. The Labute approximate surface area is 187 Å². The van der Waals surface area contributed by atoms with Gasteiger partial charge in [-0.3, -0.25) is 4.55 Å². The monoisotopic (exact) mass is 492 g/mol. The lowest BCUT2D eigenvalue weighted by atomic mass is 9.86. The molecule has 0 saturated carbocycles. The van der Waals surface area contributed by atoms with Crippen LogP contribution < -0.4 is 5.73 Å². The number of anilines is 1. The molecule has 0 unspecified atom stereocenters. The Balaban J connectivity index is 0.000000221. The maximum atomic E-state index is 12.3. The second-order valence-corrected chi connectivity index (χ2v) is 10.2. The number of thiazole rings is 1. The van der Waals surface area contributed by atoms with Crippen molar-refractivity contribution < 1.29 is 26.1 Å². The lowest BCUT2D eigenvalue weighted by molar-refractivity contribution is -0.137. The summed E-state index contributed by atoms with van der Waals surface area (Å²) < 4.78 is 66.4. The first-order valence-corrected chi connectivity index (χ1v) is 11.4. The highest BCUT2D eigenvalue weighted by Crippen LogP contribution is 2.35. The normalized spacial score (nSPS) is 12.3. The Morgan fingerprint density at radius 2 is 1.65 bits per heavy atom. The maximum absolute atomic E-state index is 12.3. The van der Waals surface area contributed by atoms with Crippen molar-refractivity contribution in [2.45, 2.75) is 37.3 Å². The largest absolute Gasteiger partial charge is 0.417 e. The summed E-state index contributed by atoms with van der Waals surface area (Å²) in [5.74, 6) is 0. The van der Waals surface area contributed by atoms with Gasteiger partial charge >= 0.3 is 6.18 Å². The van der Waals surface area contributed by atoms with Crippen LogP contribution in [0.2, 0.25) is 5.02 Å². The molecule has 0 saturated heterocycles. The molecule has 0 radical (unpaired) electrons. The molecular formula is C20H20ClF3N2O3S2. The molecule has 3 rings (SSSR count). The molecule has 0 amide bonds. The van der Waals surface area contributed by atoms with Gasteiger partial charge in [0.1, 0.15) is 0 Å². The van der Waals surface area contributed by atoms with Crippen LogP contribution in [-0.4, -0.2) is 18.0 Å². The van der Waals surface area contributed by atoms with Crippen molar-refractivity contribution in [3.8, 4) is 11.3 Å². The number of hydrogen-bond acceptors (Lipinski definition) is 5. The van der Waals surface area contributed by atoms with Crippen LogP contribution >= 0.6 is 22.9 Å². The molecule has 0 aliphatic carbocycles. The van der Waals surface area contributed by atoms with E-state index in [2.05, 4.69) is 50.0 Å². The van der Waals surface area contributed by atoms with Gasteiger partial charge in [-0.25, -0.2) is 4.98 Å². The van der Waals surface area contributed by atoms with Crippen LogP contribution in [0, 0.1) is 0 Å². The van der Waals surface area contributed by atoms with Gasteiger partial charge in [-0.05, 0) is 29.2 Å². The quantitative estimate of drug-likeness (QED) is 0.410. The van der Waals surface area contributed by atoms with Gasteiger partial charge in [-0.2, -0.15) is 21.6 Å². The van der Waals surface area contributed by atoms with E-state index >= 15 is 0 Å². The Morgan fingerprint density at radius 1 is 1.06 bits per heavy atom. The molecule has 0 bridgehead atoms. The minimum absolute atomic E-state index is 0.194. The highest BCUT2D eigenvalue weighted by Gasteiger charge is 2.34. The van der Waals surface area contributed by atoms with Gasteiger partial charge in [0.25, 0.3) is 10.1 Å². The summed E-state index contributed by atoms with van der Waals surface area (Å²) in [7, 11) is -4.66. The molecule has 11 heteroatoms. The molecule has 0 fully saturated rings. The minimum atomic E-state index is -4.77. The maximum Gasteiger partial charge on any atom is 0.417 e. The fraction of sp³-hybridized carbons (Fsp3) is 0.250. The van der Waals surface area contributed by atoms with Crippen LogP contribution in [0.5, 0.6) is 0 Å². The van der Waals surface area contributed by atoms with Crippen LogP contribution in [0.4, 0.5) is 18.3 Å². The van der Waals surface area contributed by atoms with E-state index in [0.717, 1.165) is 23.4 Å². The van der Waals surface area contributed by atoms with Crippen molar-refractivity contribution in [3.05, 3.63) is 64.0 Å². The number of benzene rings is 2. The highest BCUT2D eigenvalue weighted by molar-refractivity contribution is 7.85. The molecule has 0 aliphatic heterocycles. The van der Waals surface area contributed by atoms with E-state index in [1.807, 2.05) is 5.38 Å². The zero-order valence-electron chi connectivity index (χ0n) is 16.7. The Hall–Kier alpha value is -2.14. The molecule has 168 valence electrons. The van der Waals surface area contributed by atoms with E-state index in [9.17, 15) is 21.6 Å². The third-order valence-electron chi connectivity index (χ3n) is 4.11. The third kappa shape index (κ3) is 6.93. The van der Waals surface area contributed by atoms with E-state index in [-0.39, 0.29) is 11.5 Å². The minimum Gasteiger partial charge on any atom is -0.375 e. The second-order valence-electron chi connectivity index (χ2n) is 7.51. The van der Waals surface area contributed by atoms with Gasteiger partial charge in [0.05, 0.1) is 21.2 Å². The molecule has 3 N–H and O–H groups in total. The number of nitrogens with two attached hydrogens (primary N) is 1. The summed E-state index contributed by atoms with van der Waals surface area (Å²) >= 11 is 6.71. The SMILES string of the molecule is CC(C)(C)c1ccc(-c2csc(N)n2)cc1.O=S(=O)(O)c1ccc(Cl)c(C(F)(F)F)c1. The van der Waals surface area contributed by atoms with Gasteiger partial charge in [-0.15, -0.1) is 11.3 Å². The van der Waals surface area contributed by atoms with Gasteiger partial charge < -0.3 is 5.73 Å². The van der Waals surface area contributed by atoms with Crippen molar-refractivity contribution in [2.75, 3.05) is 5.73 Å². The fourth-order valence-corrected chi connectivity index (χ4v) is 3.75. The molecule has 1 aromatic heterocycles. The number of rotatable bonds is 2. The molecule has 2 aromatic carbocycles. The number of nitrogens with zero attached hydrogens (tertiary/aromatic N) is 1. The number of halogens is 4. The summed E-state index contributed by atoms with van der Waals surface area (Å²) in [4.78, 5) is 3.42. The highest BCUT2D eigenvalue weighted by atomic mass is 35.5. The zero-order chi connectivity index (χ0) is 23.6. The Kier molecular flexibility index (Phi) is 7.42. The number of alkyl halides is 3.